The topological polar surface area (TPSA) is 84.9 Å². The third-order valence-electron chi connectivity index (χ3n) is 4.68. The molecule has 32 heavy (non-hydrogen) atoms. The van der Waals surface area contributed by atoms with Crippen LogP contribution in [-0.2, 0) is 14.8 Å². The van der Waals surface area contributed by atoms with E-state index < -0.39 is 22.5 Å². The van der Waals surface area contributed by atoms with Crippen molar-refractivity contribution in [2.45, 2.75) is 11.8 Å². The fourth-order valence-corrected chi connectivity index (χ4v) is 4.60. The maximum absolute atomic E-state index is 13.4. The highest BCUT2D eigenvalue weighted by Crippen LogP contribution is 2.30. The Kier molecular flexibility index (Phi) is 7.27. The SMILES string of the molecule is COc1ccc(NC(=O)CN(c2cccc(Cl)c2)S(=O)(=O)c2ccc(C)cc2)c(OC)c1. The predicted molar refractivity (Wildman–Crippen MR) is 125 cm³/mol. The summed E-state index contributed by atoms with van der Waals surface area (Å²) in [6.07, 6.45) is 0. The number of carbonyl (C=O) groups is 1. The van der Waals surface area contributed by atoms with Crippen molar-refractivity contribution < 1.29 is 22.7 Å². The maximum Gasteiger partial charge on any atom is 0.264 e. The van der Waals surface area contributed by atoms with Crippen LogP contribution in [0.2, 0.25) is 5.02 Å². The van der Waals surface area contributed by atoms with Crippen LogP contribution in [0, 0.1) is 6.92 Å². The molecule has 0 atom stereocenters. The molecule has 0 fully saturated rings. The molecular formula is C23H23ClN2O5S. The van der Waals surface area contributed by atoms with Crippen LogP contribution in [0.15, 0.2) is 71.6 Å². The van der Waals surface area contributed by atoms with Crippen molar-refractivity contribution in [3.63, 3.8) is 0 Å². The number of ether oxygens (including phenoxy) is 2. The molecule has 3 aromatic carbocycles. The number of aryl methyl sites for hydroxylation is 1. The average molecular weight is 475 g/mol. The molecule has 0 saturated heterocycles. The van der Waals surface area contributed by atoms with Gasteiger partial charge in [-0.3, -0.25) is 9.10 Å². The van der Waals surface area contributed by atoms with Gasteiger partial charge in [-0.1, -0.05) is 35.4 Å². The zero-order valence-corrected chi connectivity index (χ0v) is 19.4. The van der Waals surface area contributed by atoms with Crippen molar-refractivity contribution in [2.75, 3.05) is 30.4 Å². The molecule has 0 aliphatic rings. The molecule has 1 amide bonds. The summed E-state index contributed by atoms with van der Waals surface area (Å²) in [5.41, 5.74) is 1.58. The second kappa shape index (κ2) is 9.93. The first-order chi connectivity index (χ1) is 15.2. The molecule has 0 bridgehead atoms. The summed E-state index contributed by atoms with van der Waals surface area (Å²) in [5.74, 6) is 0.389. The van der Waals surface area contributed by atoms with Crippen LogP contribution >= 0.6 is 11.6 Å². The van der Waals surface area contributed by atoms with Crippen molar-refractivity contribution in [1.29, 1.82) is 0 Å². The van der Waals surface area contributed by atoms with Gasteiger partial charge in [0.15, 0.2) is 0 Å². The lowest BCUT2D eigenvalue weighted by atomic mass is 10.2. The highest BCUT2D eigenvalue weighted by molar-refractivity contribution is 7.92. The summed E-state index contributed by atoms with van der Waals surface area (Å²) in [6, 6.07) is 17.6. The molecule has 7 nitrogen and oxygen atoms in total. The van der Waals surface area contributed by atoms with Crippen LogP contribution in [0.1, 0.15) is 5.56 Å². The Balaban J connectivity index is 1.94. The van der Waals surface area contributed by atoms with Crippen LogP contribution in [0.5, 0.6) is 11.5 Å². The van der Waals surface area contributed by atoms with Crippen LogP contribution in [0.3, 0.4) is 0 Å². The molecule has 1 N–H and O–H groups in total. The number of benzene rings is 3. The van der Waals surface area contributed by atoms with E-state index in [9.17, 15) is 13.2 Å². The summed E-state index contributed by atoms with van der Waals surface area (Å²) >= 11 is 6.09. The van der Waals surface area contributed by atoms with E-state index >= 15 is 0 Å². The smallest absolute Gasteiger partial charge is 0.264 e. The standard InChI is InChI=1S/C23H23ClN2O5S/c1-16-7-10-20(11-8-16)32(28,29)26(18-6-4-5-17(24)13-18)15-23(27)25-21-12-9-19(30-2)14-22(21)31-3/h4-14H,15H2,1-3H3,(H,25,27). The van der Waals surface area contributed by atoms with Crippen molar-refractivity contribution in [3.8, 4) is 11.5 Å². The van der Waals surface area contributed by atoms with Crippen molar-refractivity contribution in [2.24, 2.45) is 0 Å². The van der Waals surface area contributed by atoms with Gasteiger partial charge in [-0.15, -0.1) is 0 Å². The maximum atomic E-state index is 13.4. The minimum absolute atomic E-state index is 0.0675. The Morgan fingerprint density at radius 2 is 1.72 bits per heavy atom. The van der Waals surface area contributed by atoms with E-state index in [1.165, 1.54) is 32.4 Å². The first-order valence-corrected chi connectivity index (χ1v) is 11.4. The number of hydrogen-bond acceptors (Lipinski definition) is 5. The van der Waals surface area contributed by atoms with Gasteiger partial charge in [-0.2, -0.15) is 0 Å². The molecule has 0 heterocycles. The van der Waals surface area contributed by atoms with Gasteiger partial charge in [0.2, 0.25) is 5.91 Å². The zero-order chi connectivity index (χ0) is 23.3. The van der Waals surface area contributed by atoms with Gasteiger partial charge in [0, 0.05) is 11.1 Å². The number of rotatable bonds is 8. The molecule has 9 heteroatoms. The average Bonchev–Trinajstić information content (AvgIpc) is 2.78. The summed E-state index contributed by atoms with van der Waals surface area (Å²) in [4.78, 5) is 13.0. The Morgan fingerprint density at radius 3 is 2.34 bits per heavy atom. The van der Waals surface area contributed by atoms with Gasteiger partial charge < -0.3 is 14.8 Å². The molecule has 0 spiro atoms. The lowest BCUT2D eigenvalue weighted by Crippen LogP contribution is -2.38. The van der Waals surface area contributed by atoms with E-state index in [0.717, 1.165) is 9.87 Å². The first kappa shape index (κ1) is 23.4. The Morgan fingerprint density at radius 1 is 1.00 bits per heavy atom. The van der Waals surface area contributed by atoms with Gasteiger partial charge in [0.05, 0.1) is 30.5 Å². The van der Waals surface area contributed by atoms with Crippen molar-refractivity contribution in [1.82, 2.24) is 0 Å². The molecule has 3 aromatic rings. The number of methoxy groups -OCH3 is 2. The van der Waals surface area contributed by atoms with Crippen molar-refractivity contribution >= 4 is 38.9 Å². The fourth-order valence-electron chi connectivity index (χ4n) is 3.01. The summed E-state index contributed by atoms with van der Waals surface area (Å²) in [5, 5.41) is 3.05. The molecule has 168 valence electrons. The second-order valence-corrected chi connectivity index (χ2v) is 9.22. The first-order valence-electron chi connectivity index (χ1n) is 9.61. The van der Waals surface area contributed by atoms with E-state index in [1.807, 2.05) is 6.92 Å². The molecule has 0 saturated carbocycles. The van der Waals surface area contributed by atoms with E-state index in [0.29, 0.717) is 22.2 Å². The monoisotopic (exact) mass is 474 g/mol. The minimum Gasteiger partial charge on any atom is -0.497 e. The number of nitrogens with one attached hydrogen (secondary N) is 1. The molecule has 0 aliphatic carbocycles. The third kappa shape index (κ3) is 5.33. The molecule has 0 aliphatic heterocycles. The van der Waals surface area contributed by atoms with Crippen LogP contribution in [-0.4, -0.2) is 35.1 Å². The number of amides is 1. The van der Waals surface area contributed by atoms with E-state index in [1.54, 1.807) is 48.5 Å². The number of anilines is 2. The largest absolute Gasteiger partial charge is 0.497 e. The molecule has 0 radical (unpaired) electrons. The summed E-state index contributed by atoms with van der Waals surface area (Å²) in [7, 11) is -1.06. The quantitative estimate of drug-likeness (QED) is 0.519. The van der Waals surface area contributed by atoms with Crippen LogP contribution in [0.4, 0.5) is 11.4 Å². The predicted octanol–water partition coefficient (Wildman–Crippen LogP) is 4.50. The molecular weight excluding hydrogens is 452 g/mol. The number of sulfonamides is 1. The van der Waals surface area contributed by atoms with Crippen molar-refractivity contribution in [3.05, 3.63) is 77.3 Å². The molecule has 0 unspecified atom stereocenters. The summed E-state index contributed by atoms with van der Waals surface area (Å²) in [6.45, 7) is 1.40. The highest BCUT2D eigenvalue weighted by Gasteiger charge is 2.27. The Bertz CT molecular complexity index is 1210. The van der Waals surface area contributed by atoms with Crippen LogP contribution < -0.4 is 19.1 Å². The van der Waals surface area contributed by atoms with Crippen LogP contribution in [0.25, 0.3) is 0 Å². The minimum atomic E-state index is -4.04. The van der Waals surface area contributed by atoms with Gasteiger partial charge in [0.25, 0.3) is 10.0 Å². The second-order valence-electron chi connectivity index (χ2n) is 6.92. The highest BCUT2D eigenvalue weighted by atomic mass is 35.5. The van der Waals surface area contributed by atoms with E-state index in [-0.39, 0.29) is 10.6 Å². The van der Waals surface area contributed by atoms with E-state index in [2.05, 4.69) is 5.32 Å². The van der Waals surface area contributed by atoms with Gasteiger partial charge in [-0.05, 0) is 49.4 Å². The zero-order valence-electron chi connectivity index (χ0n) is 17.8. The Labute approximate surface area is 192 Å². The van der Waals surface area contributed by atoms with Gasteiger partial charge >= 0.3 is 0 Å². The molecule has 3 rings (SSSR count). The number of hydrogen-bond donors (Lipinski definition) is 1. The molecule has 0 aromatic heterocycles. The fraction of sp³-hybridized carbons (Fsp3) is 0.174. The normalized spacial score (nSPS) is 11.0. The number of halogens is 1. The third-order valence-corrected chi connectivity index (χ3v) is 6.70. The van der Waals surface area contributed by atoms with Gasteiger partial charge in [0.1, 0.15) is 18.0 Å². The van der Waals surface area contributed by atoms with Gasteiger partial charge in [-0.25, -0.2) is 8.42 Å². The summed E-state index contributed by atoms with van der Waals surface area (Å²) < 4.78 is 38.3. The number of nitrogens with zero attached hydrogens (tertiary/aromatic N) is 1. The Hall–Kier alpha value is -3.23. The van der Waals surface area contributed by atoms with E-state index in [4.69, 9.17) is 21.1 Å². The lowest BCUT2D eigenvalue weighted by molar-refractivity contribution is -0.114. The number of carbonyl (C=O) groups excluding carboxylic acids is 1. The lowest BCUT2D eigenvalue weighted by Gasteiger charge is -2.24.